The summed E-state index contributed by atoms with van der Waals surface area (Å²) in [5.41, 5.74) is 0. The molecule has 2 rings (SSSR count). The van der Waals surface area contributed by atoms with Gasteiger partial charge in [-0.3, -0.25) is 0 Å². The highest BCUT2D eigenvalue weighted by atomic mass is 32.2. The second-order valence-corrected chi connectivity index (χ2v) is 5.42. The van der Waals surface area contributed by atoms with Gasteiger partial charge < -0.3 is 0 Å². The fourth-order valence-corrected chi connectivity index (χ4v) is 3.07. The summed E-state index contributed by atoms with van der Waals surface area (Å²) in [6, 6.07) is -0.482. The lowest BCUT2D eigenvalue weighted by atomic mass is 10.4. The smallest absolute Gasteiger partial charge is 0.195 e. The standard InChI is InChI=1S/C7H14N6O2S/c1-6(7-8-11-12-9-7)10-16(14,15)13-4-2-3-5-13/h6,10H,2-5H2,1H3,(H,8,9,11,12). The molecule has 0 radical (unpaired) electrons. The maximum atomic E-state index is 11.9. The van der Waals surface area contributed by atoms with Gasteiger partial charge in [-0.1, -0.05) is 5.21 Å². The maximum Gasteiger partial charge on any atom is 0.280 e. The summed E-state index contributed by atoms with van der Waals surface area (Å²) in [6.45, 7) is 2.83. The molecule has 0 aliphatic carbocycles. The molecule has 0 bridgehead atoms. The van der Waals surface area contributed by atoms with Crippen LogP contribution < -0.4 is 4.72 Å². The molecule has 1 aliphatic heterocycles. The predicted octanol–water partition coefficient (Wildman–Crippen LogP) is -0.809. The molecule has 8 nitrogen and oxygen atoms in total. The summed E-state index contributed by atoms with van der Waals surface area (Å²) >= 11 is 0. The lowest BCUT2D eigenvalue weighted by Crippen LogP contribution is -2.40. The highest BCUT2D eigenvalue weighted by molar-refractivity contribution is 7.87. The van der Waals surface area contributed by atoms with Crippen LogP contribution in [0.2, 0.25) is 0 Å². The molecule has 1 aliphatic rings. The van der Waals surface area contributed by atoms with Gasteiger partial charge in [0.25, 0.3) is 10.2 Å². The lowest BCUT2D eigenvalue weighted by Gasteiger charge is -2.18. The van der Waals surface area contributed by atoms with E-state index in [9.17, 15) is 8.42 Å². The topological polar surface area (TPSA) is 104 Å². The van der Waals surface area contributed by atoms with Crippen LogP contribution in [0.1, 0.15) is 31.6 Å². The van der Waals surface area contributed by atoms with Gasteiger partial charge in [-0.2, -0.15) is 22.7 Å². The van der Waals surface area contributed by atoms with E-state index in [0.29, 0.717) is 18.9 Å². The molecular formula is C7H14N6O2S. The minimum Gasteiger partial charge on any atom is -0.195 e. The first kappa shape index (κ1) is 11.4. The largest absolute Gasteiger partial charge is 0.280 e. The molecule has 0 spiro atoms. The molecule has 2 heterocycles. The number of H-pyrrole nitrogens is 1. The molecule has 90 valence electrons. The quantitative estimate of drug-likeness (QED) is 0.723. The van der Waals surface area contributed by atoms with E-state index in [0.717, 1.165) is 12.8 Å². The summed E-state index contributed by atoms with van der Waals surface area (Å²) in [4.78, 5) is 0. The van der Waals surface area contributed by atoms with Crippen molar-refractivity contribution in [2.24, 2.45) is 0 Å². The van der Waals surface area contributed by atoms with E-state index in [4.69, 9.17) is 0 Å². The van der Waals surface area contributed by atoms with Gasteiger partial charge in [0.2, 0.25) is 0 Å². The average molecular weight is 246 g/mol. The van der Waals surface area contributed by atoms with Gasteiger partial charge in [0.15, 0.2) is 5.82 Å². The highest BCUT2D eigenvalue weighted by Crippen LogP contribution is 2.14. The summed E-state index contributed by atoms with van der Waals surface area (Å²) in [7, 11) is -3.42. The summed E-state index contributed by atoms with van der Waals surface area (Å²) in [5.74, 6) is 0.336. The Bertz CT molecular complexity index is 424. The molecule has 2 N–H and O–H groups in total. The molecule has 1 aromatic heterocycles. The van der Waals surface area contributed by atoms with Gasteiger partial charge in [0.05, 0.1) is 6.04 Å². The van der Waals surface area contributed by atoms with Crippen LogP contribution in [0.5, 0.6) is 0 Å². The maximum absolute atomic E-state index is 11.9. The van der Waals surface area contributed by atoms with Gasteiger partial charge in [-0.25, -0.2) is 0 Å². The number of aromatic nitrogens is 4. The number of nitrogens with zero attached hydrogens (tertiary/aromatic N) is 4. The zero-order valence-corrected chi connectivity index (χ0v) is 9.74. The molecule has 1 atom stereocenters. The van der Waals surface area contributed by atoms with Crippen LogP contribution in [-0.4, -0.2) is 46.4 Å². The van der Waals surface area contributed by atoms with E-state index in [1.54, 1.807) is 6.92 Å². The van der Waals surface area contributed by atoms with Crippen molar-refractivity contribution in [2.45, 2.75) is 25.8 Å². The highest BCUT2D eigenvalue weighted by Gasteiger charge is 2.27. The van der Waals surface area contributed by atoms with E-state index in [1.807, 2.05) is 0 Å². The number of rotatable bonds is 4. The second-order valence-electron chi connectivity index (χ2n) is 3.72. The van der Waals surface area contributed by atoms with Crippen molar-refractivity contribution in [3.63, 3.8) is 0 Å². The number of nitrogens with one attached hydrogen (secondary N) is 2. The molecule has 1 saturated heterocycles. The summed E-state index contributed by atoms with van der Waals surface area (Å²) < 4.78 is 27.7. The molecule has 16 heavy (non-hydrogen) atoms. The third-order valence-corrected chi connectivity index (χ3v) is 4.18. The van der Waals surface area contributed by atoms with Crippen LogP contribution in [0, 0.1) is 0 Å². The van der Waals surface area contributed by atoms with E-state index in [1.165, 1.54) is 4.31 Å². The first-order valence-electron chi connectivity index (χ1n) is 5.10. The minimum atomic E-state index is -3.42. The van der Waals surface area contributed by atoms with Gasteiger partial charge in [0.1, 0.15) is 0 Å². The van der Waals surface area contributed by atoms with Crippen molar-refractivity contribution in [2.75, 3.05) is 13.1 Å². The van der Waals surface area contributed by atoms with Crippen molar-refractivity contribution in [1.82, 2.24) is 29.7 Å². The minimum absolute atomic E-state index is 0.336. The number of hydrogen-bond donors (Lipinski definition) is 2. The summed E-state index contributed by atoms with van der Waals surface area (Å²) in [5, 5.41) is 13.1. The zero-order valence-electron chi connectivity index (χ0n) is 8.92. The molecule has 1 aromatic rings. The fourth-order valence-electron chi connectivity index (χ4n) is 1.63. The lowest BCUT2D eigenvalue weighted by molar-refractivity contribution is 0.454. The first-order chi connectivity index (χ1) is 7.59. The molecule has 9 heteroatoms. The second kappa shape index (κ2) is 4.44. The molecular weight excluding hydrogens is 232 g/mol. The Labute approximate surface area is 93.6 Å². The molecule has 0 aromatic carbocycles. The van der Waals surface area contributed by atoms with Crippen molar-refractivity contribution < 1.29 is 8.42 Å². The molecule has 0 amide bonds. The predicted molar refractivity (Wildman–Crippen MR) is 55.5 cm³/mol. The van der Waals surface area contributed by atoms with Crippen LogP contribution in [0.25, 0.3) is 0 Å². The van der Waals surface area contributed by atoms with E-state index in [-0.39, 0.29) is 0 Å². The Kier molecular flexibility index (Phi) is 3.17. The number of aromatic amines is 1. The average Bonchev–Trinajstić information content (AvgIpc) is 2.91. The Morgan fingerprint density at radius 3 is 2.69 bits per heavy atom. The van der Waals surface area contributed by atoms with Crippen LogP contribution in [0.15, 0.2) is 0 Å². The van der Waals surface area contributed by atoms with Crippen LogP contribution in [0.3, 0.4) is 0 Å². The Balaban J connectivity index is 2.03. The fraction of sp³-hybridized carbons (Fsp3) is 0.857. The normalized spacial score (nSPS) is 20.1. The van der Waals surface area contributed by atoms with Gasteiger partial charge in [-0.05, 0) is 19.8 Å². The van der Waals surface area contributed by atoms with Gasteiger partial charge in [0, 0.05) is 13.1 Å². The third kappa shape index (κ3) is 2.36. The monoisotopic (exact) mass is 246 g/mol. The van der Waals surface area contributed by atoms with E-state index in [2.05, 4.69) is 25.3 Å². The Morgan fingerprint density at radius 2 is 2.12 bits per heavy atom. The van der Waals surface area contributed by atoms with Gasteiger partial charge in [-0.15, -0.1) is 10.2 Å². The first-order valence-corrected chi connectivity index (χ1v) is 6.54. The molecule has 1 unspecified atom stereocenters. The van der Waals surface area contributed by atoms with E-state index < -0.39 is 16.3 Å². The SMILES string of the molecule is CC(NS(=O)(=O)N1CCCC1)c1nn[nH]n1. The Hall–Kier alpha value is -1.06. The van der Waals surface area contributed by atoms with Crippen LogP contribution in [0.4, 0.5) is 0 Å². The van der Waals surface area contributed by atoms with Crippen LogP contribution >= 0.6 is 0 Å². The van der Waals surface area contributed by atoms with Crippen molar-refractivity contribution >= 4 is 10.2 Å². The summed E-state index contributed by atoms with van der Waals surface area (Å²) in [6.07, 6.45) is 1.83. The third-order valence-electron chi connectivity index (χ3n) is 2.48. The van der Waals surface area contributed by atoms with E-state index >= 15 is 0 Å². The van der Waals surface area contributed by atoms with Crippen molar-refractivity contribution in [3.8, 4) is 0 Å². The molecule has 1 fully saturated rings. The van der Waals surface area contributed by atoms with Crippen molar-refractivity contribution in [3.05, 3.63) is 5.82 Å². The number of hydrogen-bond acceptors (Lipinski definition) is 5. The zero-order chi connectivity index (χ0) is 11.6. The van der Waals surface area contributed by atoms with Crippen molar-refractivity contribution in [1.29, 1.82) is 0 Å². The van der Waals surface area contributed by atoms with Gasteiger partial charge >= 0.3 is 0 Å². The van der Waals surface area contributed by atoms with Crippen LogP contribution in [-0.2, 0) is 10.2 Å². The molecule has 0 saturated carbocycles. The Morgan fingerprint density at radius 1 is 1.44 bits per heavy atom. The number of tetrazole rings is 1.